The van der Waals surface area contributed by atoms with Crippen LogP contribution in [0.4, 0.5) is 5.82 Å². The van der Waals surface area contributed by atoms with Crippen molar-refractivity contribution in [1.82, 2.24) is 24.8 Å². The molecule has 0 bridgehead atoms. The molecule has 120 valence electrons. The lowest BCUT2D eigenvalue weighted by atomic mass is 10.1. The van der Waals surface area contributed by atoms with Gasteiger partial charge in [-0.2, -0.15) is 0 Å². The Kier molecular flexibility index (Phi) is 4.41. The Labute approximate surface area is 131 Å². The zero-order chi connectivity index (χ0) is 15.7. The first kappa shape index (κ1) is 15.4. The lowest BCUT2D eigenvalue weighted by Crippen LogP contribution is -2.38. The molecule has 10 heteroatoms. The molecule has 0 amide bonds. The number of alkyl halides is 1. The highest BCUT2D eigenvalue weighted by molar-refractivity contribution is 6.18. The molecule has 2 aromatic rings. The molecule has 3 heterocycles. The Bertz CT molecular complexity index is 653. The summed E-state index contributed by atoms with van der Waals surface area (Å²) in [5.41, 5.74) is 6.61. The summed E-state index contributed by atoms with van der Waals surface area (Å²) < 4.78 is 7.29. The van der Waals surface area contributed by atoms with Crippen LogP contribution in [0.25, 0.3) is 11.2 Å². The molecule has 3 rings (SSSR count). The second-order valence-electron chi connectivity index (χ2n) is 5.02. The van der Waals surface area contributed by atoms with Crippen LogP contribution in [-0.2, 0) is 4.74 Å². The van der Waals surface area contributed by atoms with Crippen LogP contribution in [0.15, 0.2) is 12.7 Å². The van der Waals surface area contributed by atoms with Gasteiger partial charge in [0.05, 0.1) is 6.33 Å². The molecule has 4 atom stereocenters. The Hall–Kier alpha value is -1.52. The van der Waals surface area contributed by atoms with Gasteiger partial charge < -0.3 is 26.0 Å². The van der Waals surface area contributed by atoms with E-state index < -0.39 is 24.5 Å². The predicted molar refractivity (Wildman–Crippen MR) is 79.2 cm³/mol. The van der Waals surface area contributed by atoms with Crippen molar-refractivity contribution in [3.05, 3.63) is 12.7 Å². The van der Waals surface area contributed by atoms with Crippen molar-refractivity contribution in [2.45, 2.75) is 24.5 Å². The van der Waals surface area contributed by atoms with Gasteiger partial charge in [0.2, 0.25) is 0 Å². The number of aliphatic hydroxyl groups is 2. The number of anilines is 1. The summed E-state index contributed by atoms with van der Waals surface area (Å²) in [5, 5.41) is 23.4. The summed E-state index contributed by atoms with van der Waals surface area (Å²) in [6.07, 6.45) is -0.698. The number of nitrogens with two attached hydrogens (primary N) is 1. The van der Waals surface area contributed by atoms with Gasteiger partial charge >= 0.3 is 0 Å². The molecule has 5 N–H and O–H groups in total. The topological polar surface area (TPSA) is 131 Å². The summed E-state index contributed by atoms with van der Waals surface area (Å²) in [5.74, 6) is 0.703. The zero-order valence-electron chi connectivity index (χ0n) is 11.6. The van der Waals surface area contributed by atoms with E-state index in [9.17, 15) is 10.2 Å². The molecular formula is C12H17ClN6O3. The predicted octanol–water partition coefficient (Wildman–Crippen LogP) is -1.14. The maximum Gasteiger partial charge on any atom is 0.167 e. The minimum Gasteiger partial charge on any atom is -0.387 e. The third kappa shape index (κ3) is 2.61. The molecule has 9 nitrogen and oxygen atoms in total. The number of hydrogen-bond donors (Lipinski definition) is 4. The number of aromatic nitrogens is 4. The average molecular weight is 329 g/mol. The molecule has 0 unspecified atom stereocenters. The van der Waals surface area contributed by atoms with Crippen LogP contribution in [0.2, 0.25) is 0 Å². The first-order chi connectivity index (χ1) is 10.6. The van der Waals surface area contributed by atoms with Gasteiger partial charge in [0, 0.05) is 19.0 Å². The van der Waals surface area contributed by atoms with Gasteiger partial charge in [0.1, 0.15) is 30.2 Å². The third-order valence-corrected chi connectivity index (χ3v) is 3.80. The van der Waals surface area contributed by atoms with Crippen LogP contribution < -0.4 is 11.1 Å². The smallest absolute Gasteiger partial charge is 0.167 e. The number of ether oxygens (including phenoxy) is 1. The van der Waals surface area contributed by atoms with E-state index in [1.807, 2.05) is 0 Å². The minimum atomic E-state index is -1.10. The van der Waals surface area contributed by atoms with E-state index in [0.717, 1.165) is 0 Å². The summed E-state index contributed by atoms with van der Waals surface area (Å²) >= 11 is 5.59. The van der Waals surface area contributed by atoms with Crippen LogP contribution in [-0.4, -0.2) is 67.0 Å². The summed E-state index contributed by atoms with van der Waals surface area (Å²) in [6.45, 7) is 0.970. The first-order valence-electron chi connectivity index (χ1n) is 6.84. The summed E-state index contributed by atoms with van der Waals surface area (Å²) in [4.78, 5) is 12.1. The molecular weight excluding hydrogens is 312 g/mol. The van der Waals surface area contributed by atoms with Gasteiger partial charge in [-0.3, -0.25) is 4.57 Å². The Morgan fingerprint density at radius 2 is 2.14 bits per heavy atom. The van der Waals surface area contributed by atoms with Crippen molar-refractivity contribution in [2.24, 2.45) is 0 Å². The summed E-state index contributed by atoms with van der Waals surface area (Å²) in [7, 11) is 0. The Morgan fingerprint density at radius 1 is 1.32 bits per heavy atom. The first-order valence-corrected chi connectivity index (χ1v) is 7.38. The van der Waals surface area contributed by atoms with E-state index in [0.29, 0.717) is 30.1 Å². The Balaban J connectivity index is 1.83. The molecule has 0 radical (unpaired) electrons. The van der Waals surface area contributed by atoms with Crippen molar-refractivity contribution in [1.29, 1.82) is 0 Å². The van der Waals surface area contributed by atoms with E-state index in [1.165, 1.54) is 12.7 Å². The van der Waals surface area contributed by atoms with Crippen LogP contribution >= 0.6 is 11.6 Å². The molecule has 0 spiro atoms. The summed E-state index contributed by atoms with van der Waals surface area (Å²) in [6, 6.07) is 0. The monoisotopic (exact) mass is 328 g/mol. The van der Waals surface area contributed by atoms with Gasteiger partial charge in [-0.25, -0.2) is 15.0 Å². The van der Waals surface area contributed by atoms with E-state index in [-0.39, 0.29) is 5.82 Å². The van der Waals surface area contributed by atoms with Crippen molar-refractivity contribution in [2.75, 3.05) is 24.7 Å². The van der Waals surface area contributed by atoms with Crippen molar-refractivity contribution in [3.63, 3.8) is 0 Å². The molecule has 1 aliphatic heterocycles. The molecule has 0 saturated carbocycles. The largest absolute Gasteiger partial charge is 0.387 e. The highest BCUT2D eigenvalue weighted by Crippen LogP contribution is 2.31. The molecule has 22 heavy (non-hydrogen) atoms. The minimum absolute atomic E-state index is 0.247. The quantitative estimate of drug-likeness (QED) is 0.400. The van der Waals surface area contributed by atoms with Crippen LogP contribution in [0, 0.1) is 0 Å². The van der Waals surface area contributed by atoms with E-state index >= 15 is 0 Å². The fraction of sp³-hybridized carbons (Fsp3) is 0.583. The van der Waals surface area contributed by atoms with Crippen LogP contribution in [0.3, 0.4) is 0 Å². The van der Waals surface area contributed by atoms with E-state index in [4.69, 9.17) is 22.1 Å². The lowest BCUT2D eigenvalue weighted by molar-refractivity contribution is -0.0340. The number of nitrogens with zero attached hydrogens (tertiary/aromatic N) is 4. The number of halogens is 1. The molecule has 1 fully saturated rings. The van der Waals surface area contributed by atoms with Crippen molar-refractivity contribution in [3.8, 4) is 0 Å². The van der Waals surface area contributed by atoms with Gasteiger partial charge in [0.15, 0.2) is 17.7 Å². The second-order valence-corrected chi connectivity index (χ2v) is 5.40. The third-order valence-electron chi connectivity index (χ3n) is 3.62. The maximum absolute atomic E-state index is 10.2. The molecule has 1 saturated heterocycles. The SMILES string of the molecule is Nc1ncnc2c1ncn2[C@@H]1O[C@H](CNCCCl)[C@@H](O)[C@H]1O. The molecule has 2 aromatic heterocycles. The zero-order valence-corrected chi connectivity index (χ0v) is 12.4. The number of imidazole rings is 1. The standard InChI is InChI=1S/C12H17ClN6O3/c13-1-2-15-3-6-8(20)9(21)12(22-6)19-5-18-7-10(14)16-4-17-11(7)19/h4-6,8-9,12,15,20-21H,1-3H2,(H2,14,16,17)/t6-,8-,9-,12-/m1/s1. The van der Waals surface area contributed by atoms with Gasteiger partial charge in [-0.05, 0) is 0 Å². The van der Waals surface area contributed by atoms with Gasteiger partial charge in [-0.1, -0.05) is 0 Å². The van der Waals surface area contributed by atoms with Gasteiger partial charge in [-0.15, -0.1) is 11.6 Å². The second kappa shape index (κ2) is 6.31. The number of aliphatic hydroxyl groups excluding tert-OH is 2. The highest BCUT2D eigenvalue weighted by atomic mass is 35.5. The van der Waals surface area contributed by atoms with Crippen LogP contribution in [0.1, 0.15) is 6.23 Å². The number of fused-ring (bicyclic) bond motifs is 1. The van der Waals surface area contributed by atoms with E-state index in [2.05, 4.69) is 20.3 Å². The van der Waals surface area contributed by atoms with E-state index in [1.54, 1.807) is 4.57 Å². The number of rotatable bonds is 5. The van der Waals surface area contributed by atoms with Crippen molar-refractivity contribution < 1.29 is 14.9 Å². The number of nitrogen functional groups attached to an aromatic ring is 1. The molecule has 0 aliphatic carbocycles. The number of hydrogen-bond acceptors (Lipinski definition) is 8. The maximum atomic E-state index is 10.2. The van der Waals surface area contributed by atoms with Crippen LogP contribution in [0.5, 0.6) is 0 Å². The fourth-order valence-electron chi connectivity index (χ4n) is 2.50. The highest BCUT2D eigenvalue weighted by Gasteiger charge is 2.44. The fourth-order valence-corrected chi connectivity index (χ4v) is 2.63. The lowest BCUT2D eigenvalue weighted by Gasteiger charge is -2.16. The van der Waals surface area contributed by atoms with Gasteiger partial charge in [0.25, 0.3) is 0 Å². The average Bonchev–Trinajstić information content (AvgIpc) is 3.05. The Morgan fingerprint density at radius 3 is 2.91 bits per heavy atom. The molecule has 0 aromatic carbocycles. The number of nitrogens with one attached hydrogen (secondary N) is 1. The van der Waals surface area contributed by atoms with Crippen molar-refractivity contribution >= 4 is 28.6 Å². The molecule has 1 aliphatic rings. The normalized spacial score (nSPS) is 28.5.